The predicted molar refractivity (Wildman–Crippen MR) is 123 cm³/mol. The van der Waals surface area contributed by atoms with E-state index in [1.807, 2.05) is 30.3 Å². The number of hydrogen-bond donors (Lipinski definition) is 1. The van der Waals surface area contributed by atoms with Crippen molar-refractivity contribution in [3.63, 3.8) is 0 Å². The normalized spacial score (nSPS) is 23.9. The summed E-state index contributed by atoms with van der Waals surface area (Å²) < 4.78 is 6.76. The number of rotatable bonds is 4. The number of hydrogen-bond acceptors (Lipinski definition) is 6. The minimum Gasteiger partial charge on any atom is -0.481 e. The van der Waals surface area contributed by atoms with Crippen LogP contribution < -0.4 is 10.4 Å². The number of likely N-dealkylation sites (tertiary alicyclic amines) is 2. The van der Waals surface area contributed by atoms with Crippen molar-refractivity contribution < 1.29 is 4.74 Å². The summed E-state index contributed by atoms with van der Waals surface area (Å²) in [6, 6.07) is 10.3. The molecule has 6 rings (SSSR count). The molecule has 1 atom stereocenters. The fourth-order valence-electron chi connectivity index (χ4n) is 6.20. The van der Waals surface area contributed by atoms with Crippen LogP contribution in [0.2, 0.25) is 0 Å². The number of ether oxygens (including phenoxy) is 1. The van der Waals surface area contributed by atoms with Gasteiger partial charge in [-0.3, -0.25) is 9.88 Å². The third-order valence-corrected chi connectivity index (χ3v) is 7.65. The molecule has 4 heterocycles. The first-order chi connectivity index (χ1) is 15.5. The molecule has 0 radical (unpaired) electrons. The van der Waals surface area contributed by atoms with Gasteiger partial charge in [-0.1, -0.05) is 12.1 Å². The van der Waals surface area contributed by atoms with E-state index in [2.05, 4.69) is 26.8 Å². The zero-order valence-corrected chi connectivity index (χ0v) is 18.8. The van der Waals surface area contributed by atoms with Crippen molar-refractivity contribution in [2.75, 3.05) is 40.3 Å². The Hall–Kier alpha value is -2.71. The molecular weight excluding hydrogens is 404 g/mol. The number of H-pyrrole nitrogens is 1. The van der Waals surface area contributed by atoms with Crippen LogP contribution >= 0.6 is 0 Å². The molecule has 0 bridgehead atoms. The van der Waals surface area contributed by atoms with Crippen LogP contribution in [0, 0.1) is 5.41 Å². The molecule has 1 saturated carbocycles. The molecule has 32 heavy (non-hydrogen) atoms. The molecule has 2 saturated heterocycles. The summed E-state index contributed by atoms with van der Waals surface area (Å²) in [4.78, 5) is 25.6. The zero-order valence-electron chi connectivity index (χ0n) is 18.8. The smallest absolute Gasteiger partial charge is 0.348 e. The van der Waals surface area contributed by atoms with Crippen molar-refractivity contribution in [1.29, 1.82) is 0 Å². The highest BCUT2D eigenvalue weighted by molar-refractivity contribution is 5.86. The predicted octanol–water partition coefficient (Wildman–Crippen LogP) is 2.39. The van der Waals surface area contributed by atoms with Crippen LogP contribution in [0.4, 0.5) is 0 Å². The number of aromatic nitrogens is 4. The van der Waals surface area contributed by atoms with E-state index in [-0.39, 0.29) is 11.6 Å². The van der Waals surface area contributed by atoms with Gasteiger partial charge in [-0.15, -0.1) is 5.10 Å². The summed E-state index contributed by atoms with van der Waals surface area (Å²) in [5.41, 5.74) is 1.76. The minimum atomic E-state index is -0.214. The largest absolute Gasteiger partial charge is 0.481 e. The van der Waals surface area contributed by atoms with E-state index >= 15 is 0 Å². The number of pyridine rings is 1. The van der Waals surface area contributed by atoms with Crippen LogP contribution in [0.15, 0.2) is 35.1 Å². The third kappa shape index (κ3) is 3.24. The van der Waals surface area contributed by atoms with Gasteiger partial charge in [0.25, 0.3) is 0 Å². The van der Waals surface area contributed by atoms with Gasteiger partial charge in [0, 0.05) is 43.0 Å². The molecule has 8 heteroatoms. The summed E-state index contributed by atoms with van der Waals surface area (Å²) in [6.07, 6.45) is 4.85. The number of benzene rings is 1. The molecule has 1 spiro atoms. The lowest BCUT2D eigenvalue weighted by atomic mass is 9.60. The SMILES string of the molecule is COc1ccc2cccc(-n3nc(C4CCCN(C5CC6(C5)CN(C)C6)C4)[nH]c3=O)c2n1. The van der Waals surface area contributed by atoms with Gasteiger partial charge in [-0.25, -0.2) is 9.78 Å². The van der Waals surface area contributed by atoms with E-state index in [4.69, 9.17) is 9.84 Å². The second-order valence-corrected chi connectivity index (χ2v) is 10.00. The molecular formula is C24H30N6O2. The summed E-state index contributed by atoms with van der Waals surface area (Å²) in [5, 5.41) is 5.70. The molecule has 2 aromatic heterocycles. The molecule has 1 aliphatic carbocycles. The first-order valence-corrected chi connectivity index (χ1v) is 11.6. The standard InChI is InChI=1S/C24H30N6O2/c1-28-14-24(15-28)11-18(12-24)29-10-4-6-17(13-29)22-26-23(31)30(27-22)19-7-3-5-16-8-9-20(32-2)25-21(16)19/h3,5,7-9,17-18H,4,6,10-15H2,1-2H3,(H,26,27,31). The van der Waals surface area contributed by atoms with Crippen molar-refractivity contribution in [3.8, 4) is 11.6 Å². The number of aromatic amines is 1. The topological polar surface area (TPSA) is 79.3 Å². The number of nitrogens with zero attached hydrogens (tertiary/aromatic N) is 5. The van der Waals surface area contributed by atoms with Gasteiger partial charge in [0.1, 0.15) is 11.3 Å². The van der Waals surface area contributed by atoms with Crippen LogP contribution in [0.1, 0.15) is 37.4 Å². The van der Waals surface area contributed by atoms with Crippen LogP contribution in [-0.2, 0) is 0 Å². The second kappa shape index (κ2) is 7.42. The highest BCUT2D eigenvalue weighted by Gasteiger charge is 2.52. The van der Waals surface area contributed by atoms with Crippen LogP contribution in [0.3, 0.4) is 0 Å². The Morgan fingerprint density at radius 3 is 2.81 bits per heavy atom. The van der Waals surface area contributed by atoms with E-state index < -0.39 is 0 Å². The van der Waals surface area contributed by atoms with E-state index in [0.29, 0.717) is 28.5 Å². The first-order valence-electron chi connectivity index (χ1n) is 11.6. The Balaban J connectivity index is 1.24. The monoisotopic (exact) mass is 434 g/mol. The van der Waals surface area contributed by atoms with Gasteiger partial charge in [0.2, 0.25) is 5.88 Å². The lowest BCUT2D eigenvalue weighted by molar-refractivity contribution is -0.103. The lowest BCUT2D eigenvalue weighted by Gasteiger charge is -2.61. The molecule has 2 aliphatic heterocycles. The van der Waals surface area contributed by atoms with E-state index in [9.17, 15) is 4.79 Å². The molecule has 8 nitrogen and oxygen atoms in total. The van der Waals surface area contributed by atoms with E-state index in [0.717, 1.165) is 37.1 Å². The maximum absolute atomic E-state index is 12.9. The average molecular weight is 435 g/mol. The van der Waals surface area contributed by atoms with E-state index in [1.165, 1.54) is 30.6 Å². The van der Waals surface area contributed by atoms with Crippen molar-refractivity contribution in [1.82, 2.24) is 29.5 Å². The molecule has 3 aromatic rings. The minimum absolute atomic E-state index is 0.214. The highest BCUT2D eigenvalue weighted by atomic mass is 16.5. The molecule has 1 aromatic carbocycles. The van der Waals surface area contributed by atoms with Crippen LogP contribution in [0.5, 0.6) is 5.88 Å². The Labute approximate surface area is 187 Å². The Morgan fingerprint density at radius 1 is 1.19 bits per heavy atom. The van der Waals surface area contributed by atoms with Crippen molar-refractivity contribution >= 4 is 10.9 Å². The van der Waals surface area contributed by atoms with E-state index in [1.54, 1.807) is 7.11 Å². The molecule has 1 unspecified atom stereocenters. The Bertz CT molecular complexity index is 1200. The van der Waals surface area contributed by atoms with Gasteiger partial charge in [0.15, 0.2) is 0 Å². The molecule has 0 amide bonds. The third-order valence-electron chi connectivity index (χ3n) is 7.65. The van der Waals surface area contributed by atoms with Crippen molar-refractivity contribution in [2.24, 2.45) is 5.41 Å². The summed E-state index contributed by atoms with van der Waals surface area (Å²) in [6.45, 7) is 4.64. The Morgan fingerprint density at radius 2 is 2.03 bits per heavy atom. The fraction of sp³-hybridized carbons (Fsp3) is 0.542. The maximum Gasteiger partial charge on any atom is 0.348 e. The zero-order chi connectivity index (χ0) is 21.9. The molecule has 3 aliphatic rings. The number of methoxy groups -OCH3 is 1. The van der Waals surface area contributed by atoms with Gasteiger partial charge >= 0.3 is 5.69 Å². The quantitative estimate of drug-likeness (QED) is 0.679. The lowest BCUT2D eigenvalue weighted by Crippen LogP contribution is -2.66. The highest BCUT2D eigenvalue weighted by Crippen LogP contribution is 2.50. The molecule has 168 valence electrons. The summed E-state index contributed by atoms with van der Waals surface area (Å²) in [5.74, 6) is 1.57. The number of fused-ring (bicyclic) bond motifs is 1. The first kappa shape index (κ1) is 19.9. The average Bonchev–Trinajstić information content (AvgIpc) is 3.16. The van der Waals surface area contributed by atoms with Gasteiger partial charge in [-0.05, 0) is 56.8 Å². The number of piperidine rings is 1. The molecule has 1 N–H and O–H groups in total. The van der Waals surface area contributed by atoms with Crippen molar-refractivity contribution in [2.45, 2.75) is 37.6 Å². The maximum atomic E-state index is 12.9. The van der Waals surface area contributed by atoms with Crippen LogP contribution in [-0.4, -0.2) is 75.9 Å². The van der Waals surface area contributed by atoms with Crippen molar-refractivity contribution in [3.05, 3.63) is 46.6 Å². The summed E-state index contributed by atoms with van der Waals surface area (Å²) in [7, 11) is 3.81. The Kier molecular flexibility index (Phi) is 4.62. The molecule has 3 fully saturated rings. The van der Waals surface area contributed by atoms with Gasteiger partial charge in [-0.2, -0.15) is 4.68 Å². The number of nitrogens with one attached hydrogen (secondary N) is 1. The number of para-hydroxylation sites is 1. The van der Waals surface area contributed by atoms with Gasteiger partial charge in [0.05, 0.1) is 12.8 Å². The fourth-order valence-corrected chi connectivity index (χ4v) is 6.20. The summed E-state index contributed by atoms with van der Waals surface area (Å²) >= 11 is 0. The van der Waals surface area contributed by atoms with Gasteiger partial charge < -0.3 is 9.64 Å². The second-order valence-electron chi connectivity index (χ2n) is 10.00. The van der Waals surface area contributed by atoms with Crippen LogP contribution in [0.25, 0.3) is 16.6 Å².